The van der Waals surface area contributed by atoms with Crippen LogP contribution in [-0.2, 0) is 35.5 Å². The summed E-state index contributed by atoms with van der Waals surface area (Å²) in [6.45, 7) is 0.950. The number of hydrogen-bond acceptors (Lipinski definition) is 8. The number of esters is 1. The van der Waals surface area contributed by atoms with E-state index in [1.165, 1.54) is 22.1 Å². The highest BCUT2D eigenvalue weighted by atomic mass is 32.2. The fourth-order valence-corrected chi connectivity index (χ4v) is 6.24. The van der Waals surface area contributed by atoms with Crippen LogP contribution in [0.1, 0.15) is 4.88 Å². The number of thiophene rings is 1. The lowest BCUT2D eigenvalue weighted by Crippen LogP contribution is -2.40. The Morgan fingerprint density at radius 1 is 1.20 bits per heavy atom. The van der Waals surface area contributed by atoms with Crippen LogP contribution in [0, 0.1) is 0 Å². The summed E-state index contributed by atoms with van der Waals surface area (Å²) in [6, 6.07) is 10.4. The predicted octanol–water partition coefficient (Wildman–Crippen LogP) is 2.22. The summed E-state index contributed by atoms with van der Waals surface area (Å²) >= 11 is 2.53. The van der Waals surface area contributed by atoms with Crippen molar-refractivity contribution in [1.82, 2.24) is 4.31 Å². The number of anilines is 1. The molecule has 11 heteroatoms. The van der Waals surface area contributed by atoms with Crippen molar-refractivity contribution < 1.29 is 27.5 Å². The van der Waals surface area contributed by atoms with Crippen LogP contribution in [0.2, 0.25) is 0 Å². The number of benzene rings is 1. The van der Waals surface area contributed by atoms with Gasteiger partial charge in [0.05, 0.1) is 25.3 Å². The van der Waals surface area contributed by atoms with Crippen LogP contribution in [0.25, 0.3) is 0 Å². The first-order valence-electron chi connectivity index (χ1n) is 9.15. The van der Waals surface area contributed by atoms with E-state index >= 15 is 0 Å². The third-order valence-corrected chi connectivity index (χ3v) is 8.51. The molecule has 1 amide bonds. The van der Waals surface area contributed by atoms with Crippen LogP contribution in [0.5, 0.6) is 0 Å². The first-order valence-corrected chi connectivity index (χ1v) is 12.6. The SMILES string of the molecule is CSc1ccccc1NC(=O)COC(=O)Cc1ccc(S(=O)(=O)N2CCOCC2)s1. The predicted molar refractivity (Wildman–Crippen MR) is 115 cm³/mol. The van der Waals surface area contributed by atoms with Crippen LogP contribution >= 0.6 is 23.1 Å². The number of para-hydroxylation sites is 1. The van der Waals surface area contributed by atoms with Gasteiger partial charge in [0.2, 0.25) is 0 Å². The minimum Gasteiger partial charge on any atom is -0.455 e. The molecule has 0 spiro atoms. The second-order valence-electron chi connectivity index (χ2n) is 6.32. The first-order chi connectivity index (χ1) is 14.4. The molecule has 1 aromatic heterocycles. The molecular weight excluding hydrogens is 448 g/mol. The average molecular weight is 471 g/mol. The summed E-state index contributed by atoms with van der Waals surface area (Å²) in [6.07, 6.45) is 1.80. The van der Waals surface area contributed by atoms with Gasteiger partial charge in [-0.15, -0.1) is 23.1 Å². The molecule has 1 saturated heterocycles. The summed E-state index contributed by atoms with van der Waals surface area (Å²) in [4.78, 5) is 25.6. The number of ether oxygens (including phenoxy) is 2. The highest BCUT2D eigenvalue weighted by Gasteiger charge is 2.28. The van der Waals surface area contributed by atoms with Crippen molar-refractivity contribution in [3.05, 3.63) is 41.3 Å². The van der Waals surface area contributed by atoms with Crippen LogP contribution in [0.4, 0.5) is 5.69 Å². The Hall–Kier alpha value is -1.92. The molecule has 0 radical (unpaired) electrons. The fourth-order valence-electron chi connectivity index (χ4n) is 2.78. The molecule has 1 aliphatic rings. The van der Waals surface area contributed by atoms with Gasteiger partial charge in [0.1, 0.15) is 4.21 Å². The van der Waals surface area contributed by atoms with Gasteiger partial charge in [-0.3, -0.25) is 9.59 Å². The Morgan fingerprint density at radius 3 is 2.67 bits per heavy atom. The number of sulfonamides is 1. The number of morpholine rings is 1. The lowest BCUT2D eigenvalue weighted by molar-refractivity contribution is -0.146. The number of carbonyl (C=O) groups excluding carboxylic acids is 2. The molecule has 0 atom stereocenters. The Balaban J connectivity index is 1.51. The van der Waals surface area contributed by atoms with E-state index < -0.39 is 28.5 Å². The van der Waals surface area contributed by atoms with E-state index in [0.717, 1.165) is 16.2 Å². The lowest BCUT2D eigenvalue weighted by atomic mass is 10.3. The van der Waals surface area contributed by atoms with E-state index in [1.54, 1.807) is 18.2 Å². The zero-order valence-corrected chi connectivity index (χ0v) is 18.8. The summed E-state index contributed by atoms with van der Waals surface area (Å²) in [5.41, 5.74) is 0.655. The number of hydrogen-bond donors (Lipinski definition) is 1. The second-order valence-corrected chi connectivity index (χ2v) is 10.5. The van der Waals surface area contributed by atoms with Crippen molar-refractivity contribution in [2.24, 2.45) is 0 Å². The molecule has 3 rings (SSSR count). The van der Waals surface area contributed by atoms with E-state index in [1.807, 2.05) is 18.4 Å². The molecule has 162 valence electrons. The highest BCUT2D eigenvalue weighted by Crippen LogP contribution is 2.26. The quantitative estimate of drug-likeness (QED) is 0.466. The topological polar surface area (TPSA) is 102 Å². The molecule has 1 N–H and O–H groups in total. The normalized spacial score (nSPS) is 15.0. The molecule has 1 aromatic carbocycles. The second kappa shape index (κ2) is 10.4. The van der Waals surface area contributed by atoms with Crippen molar-refractivity contribution in [3.8, 4) is 0 Å². The van der Waals surface area contributed by atoms with Crippen LogP contribution in [-0.4, -0.2) is 63.8 Å². The number of nitrogens with zero attached hydrogens (tertiary/aromatic N) is 1. The first kappa shape index (κ1) is 22.8. The third-order valence-electron chi connectivity index (χ3n) is 4.27. The Morgan fingerprint density at radius 2 is 1.93 bits per heavy atom. The van der Waals surface area contributed by atoms with Crippen molar-refractivity contribution in [3.63, 3.8) is 0 Å². The van der Waals surface area contributed by atoms with Gasteiger partial charge in [0.15, 0.2) is 6.61 Å². The number of rotatable bonds is 8. The van der Waals surface area contributed by atoms with Crippen molar-refractivity contribution in [1.29, 1.82) is 0 Å². The lowest BCUT2D eigenvalue weighted by Gasteiger charge is -2.25. The van der Waals surface area contributed by atoms with Crippen LogP contribution in [0.3, 0.4) is 0 Å². The third kappa shape index (κ3) is 5.82. The summed E-state index contributed by atoms with van der Waals surface area (Å²) in [5.74, 6) is -1.04. The Kier molecular flexibility index (Phi) is 7.89. The van der Waals surface area contributed by atoms with Crippen molar-refractivity contribution in [2.75, 3.05) is 44.5 Å². The number of thioether (sulfide) groups is 1. The van der Waals surface area contributed by atoms with Gasteiger partial charge < -0.3 is 14.8 Å². The van der Waals surface area contributed by atoms with E-state index in [9.17, 15) is 18.0 Å². The highest BCUT2D eigenvalue weighted by molar-refractivity contribution is 7.98. The molecule has 30 heavy (non-hydrogen) atoms. The summed E-state index contributed by atoms with van der Waals surface area (Å²) in [7, 11) is -3.59. The molecule has 8 nitrogen and oxygen atoms in total. The average Bonchev–Trinajstić information content (AvgIpc) is 3.22. The molecule has 0 bridgehead atoms. The zero-order valence-electron chi connectivity index (χ0n) is 16.3. The standard InChI is InChI=1S/C19H22N2O6S3/c1-28-16-5-3-2-4-15(16)20-17(22)13-27-18(23)12-14-6-7-19(29-14)30(24,25)21-8-10-26-11-9-21/h2-7H,8-13H2,1H3,(H,20,22). The zero-order chi connectivity index (χ0) is 21.6. The van der Waals surface area contributed by atoms with Crippen LogP contribution in [0.15, 0.2) is 45.5 Å². The number of carbonyl (C=O) groups is 2. The van der Waals surface area contributed by atoms with Gasteiger partial charge in [0.25, 0.3) is 15.9 Å². The fraction of sp³-hybridized carbons (Fsp3) is 0.368. The van der Waals surface area contributed by atoms with E-state index in [-0.39, 0.29) is 10.6 Å². The molecule has 0 saturated carbocycles. The Labute approximate surface area is 183 Å². The maximum Gasteiger partial charge on any atom is 0.311 e. The smallest absolute Gasteiger partial charge is 0.311 e. The van der Waals surface area contributed by atoms with Gasteiger partial charge in [-0.1, -0.05) is 12.1 Å². The molecular formula is C19H22N2O6S3. The summed E-state index contributed by atoms with van der Waals surface area (Å²) in [5, 5.41) is 2.71. The van der Waals surface area contributed by atoms with Crippen LogP contribution < -0.4 is 5.32 Å². The molecule has 0 unspecified atom stereocenters. The molecule has 0 aliphatic carbocycles. The van der Waals surface area contributed by atoms with E-state index in [2.05, 4.69) is 5.32 Å². The molecule has 1 aliphatic heterocycles. The molecule has 1 fully saturated rings. The maximum atomic E-state index is 12.6. The van der Waals surface area contributed by atoms with E-state index in [0.29, 0.717) is 36.9 Å². The molecule has 2 heterocycles. The van der Waals surface area contributed by atoms with Gasteiger partial charge >= 0.3 is 5.97 Å². The Bertz CT molecular complexity index is 999. The monoisotopic (exact) mass is 470 g/mol. The van der Waals surface area contributed by atoms with Gasteiger partial charge in [-0.25, -0.2) is 8.42 Å². The molecule has 2 aromatic rings. The van der Waals surface area contributed by atoms with Gasteiger partial charge in [-0.05, 0) is 30.5 Å². The van der Waals surface area contributed by atoms with Crippen molar-refractivity contribution >= 4 is 50.7 Å². The van der Waals surface area contributed by atoms with E-state index in [4.69, 9.17) is 9.47 Å². The maximum absolute atomic E-state index is 12.6. The largest absolute Gasteiger partial charge is 0.455 e. The minimum atomic E-state index is -3.59. The van der Waals surface area contributed by atoms with Crippen molar-refractivity contribution in [2.45, 2.75) is 15.5 Å². The van der Waals surface area contributed by atoms with Gasteiger partial charge in [-0.2, -0.15) is 4.31 Å². The van der Waals surface area contributed by atoms with Gasteiger partial charge in [0, 0.05) is 22.9 Å². The number of amides is 1. The number of nitrogens with one attached hydrogen (secondary N) is 1. The minimum absolute atomic E-state index is 0.0992. The summed E-state index contributed by atoms with van der Waals surface area (Å²) < 4.78 is 37.1.